The van der Waals surface area contributed by atoms with Crippen LogP contribution in [0, 0.1) is 12.7 Å². The number of anilines is 1. The Kier molecular flexibility index (Phi) is 6.34. The maximum absolute atomic E-state index is 13.1. The largest absolute Gasteiger partial charge is 0.321 e. The minimum atomic E-state index is -0.391. The standard InChI is InChI=1S/C23H18ClFN4OS/c1-15-6-8-16(9-7-15)14-29-23(27-22(24)28-29)31-20-5-3-2-4-19(20)26-21(30)17-10-12-18(25)13-11-17/h2-13H,14H2,1H3,(H,26,30). The molecule has 1 amide bonds. The van der Waals surface area contributed by atoms with Crippen molar-refractivity contribution in [3.8, 4) is 0 Å². The summed E-state index contributed by atoms with van der Waals surface area (Å²) in [6, 6.07) is 20.9. The molecule has 4 rings (SSSR count). The molecule has 0 spiro atoms. The van der Waals surface area contributed by atoms with Gasteiger partial charge < -0.3 is 5.32 Å². The van der Waals surface area contributed by atoms with Gasteiger partial charge in [-0.25, -0.2) is 9.07 Å². The highest BCUT2D eigenvalue weighted by atomic mass is 35.5. The number of aryl methyl sites for hydroxylation is 1. The molecule has 0 bridgehead atoms. The van der Waals surface area contributed by atoms with Gasteiger partial charge in [-0.3, -0.25) is 4.79 Å². The molecule has 0 radical (unpaired) electrons. The van der Waals surface area contributed by atoms with Gasteiger partial charge in [-0.2, -0.15) is 4.98 Å². The van der Waals surface area contributed by atoms with E-state index in [1.165, 1.54) is 41.6 Å². The van der Waals surface area contributed by atoms with Crippen molar-refractivity contribution in [1.29, 1.82) is 0 Å². The molecular weight excluding hydrogens is 435 g/mol. The van der Waals surface area contributed by atoms with E-state index in [1.807, 2.05) is 49.4 Å². The van der Waals surface area contributed by atoms with Crippen LogP contribution in [0.4, 0.5) is 10.1 Å². The number of nitrogens with one attached hydrogen (secondary N) is 1. The lowest BCUT2D eigenvalue weighted by Crippen LogP contribution is -2.12. The van der Waals surface area contributed by atoms with Crippen molar-refractivity contribution >= 4 is 35.0 Å². The summed E-state index contributed by atoms with van der Waals surface area (Å²) in [6.07, 6.45) is 0. The fourth-order valence-corrected chi connectivity index (χ4v) is 4.04. The zero-order valence-corrected chi connectivity index (χ0v) is 18.1. The average Bonchev–Trinajstić information content (AvgIpc) is 3.10. The lowest BCUT2D eigenvalue weighted by Gasteiger charge is -2.11. The predicted octanol–water partition coefficient (Wildman–Crippen LogP) is 5.83. The molecule has 0 fully saturated rings. The molecule has 0 saturated heterocycles. The first kappa shape index (κ1) is 21.1. The summed E-state index contributed by atoms with van der Waals surface area (Å²) < 4.78 is 14.9. The molecule has 3 aromatic carbocycles. The second-order valence-electron chi connectivity index (χ2n) is 6.87. The van der Waals surface area contributed by atoms with Crippen molar-refractivity contribution in [3.63, 3.8) is 0 Å². The summed E-state index contributed by atoms with van der Waals surface area (Å²) in [6.45, 7) is 2.56. The first-order valence-electron chi connectivity index (χ1n) is 9.47. The molecule has 0 saturated carbocycles. The number of hydrogen-bond donors (Lipinski definition) is 1. The van der Waals surface area contributed by atoms with E-state index in [4.69, 9.17) is 11.6 Å². The molecule has 8 heteroatoms. The predicted molar refractivity (Wildman–Crippen MR) is 120 cm³/mol. The Bertz CT molecular complexity index is 1210. The summed E-state index contributed by atoms with van der Waals surface area (Å²) in [4.78, 5) is 17.7. The van der Waals surface area contributed by atoms with Gasteiger partial charge >= 0.3 is 0 Å². The van der Waals surface area contributed by atoms with Gasteiger partial charge in [0.15, 0.2) is 5.16 Å². The number of carbonyl (C=O) groups is 1. The topological polar surface area (TPSA) is 59.8 Å². The number of hydrogen-bond acceptors (Lipinski definition) is 4. The van der Waals surface area contributed by atoms with Crippen LogP contribution in [0.2, 0.25) is 5.28 Å². The summed E-state index contributed by atoms with van der Waals surface area (Å²) in [7, 11) is 0. The Morgan fingerprint density at radius 3 is 2.52 bits per heavy atom. The molecule has 0 unspecified atom stereocenters. The number of rotatable bonds is 6. The minimum absolute atomic E-state index is 0.155. The van der Waals surface area contributed by atoms with E-state index in [0.717, 1.165) is 10.5 Å². The summed E-state index contributed by atoms with van der Waals surface area (Å²) >= 11 is 7.44. The third kappa shape index (κ3) is 5.31. The van der Waals surface area contributed by atoms with Crippen LogP contribution >= 0.6 is 23.4 Å². The Hall–Kier alpha value is -3.16. The van der Waals surface area contributed by atoms with Gasteiger partial charge in [-0.1, -0.05) is 42.0 Å². The average molecular weight is 453 g/mol. The molecule has 156 valence electrons. The SMILES string of the molecule is Cc1ccc(Cn2nc(Cl)nc2Sc2ccccc2NC(=O)c2ccc(F)cc2)cc1. The second-order valence-corrected chi connectivity index (χ2v) is 8.21. The summed E-state index contributed by atoms with van der Waals surface area (Å²) in [5, 5.41) is 7.93. The van der Waals surface area contributed by atoms with Crippen LogP contribution in [-0.2, 0) is 6.54 Å². The maximum Gasteiger partial charge on any atom is 0.255 e. The highest BCUT2D eigenvalue weighted by molar-refractivity contribution is 7.99. The van der Waals surface area contributed by atoms with Gasteiger partial charge in [0.05, 0.1) is 12.2 Å². The Morgan fingerprint density at radius 1 is 1.06 bits per heavy atom. The van der Waals surface area contributed by atoms with Crippen LogP contribution < -0.4 is 5.32 Å². The summed E-state index contributed by atoms with van der Waals surface area (Å²) in [5.74, 6) is -0.718. The van der Waals surface area contributed by atoms with Gasteiger partial charge in [0.1, 0.15) is 5.82 Å². The lowest BCUT2D eigenvalue weighted by molar-refractivity contribution is 0.102. The van der Waals surface area contributed by atoms with Crippen LogP contribution in [0.25, 0.3) is 0 Å². The molecule has 31 heavy (non-hydrogen) atoms. The quantitative estimate of drug-likeness (QED) is 0.399. The van der Waals surface area contributed by atoms with Crippen molar-refractivity contribution in [1.82, 2.24) is 14.8 Å². The number of amides is 1. The number of aromatic nitrogens is 3. The third-order valence-corrected chi connectivity index (χ3v) is 5.73. The van der Waals surface area contributed by atoms with E-state index in [1.54, 1.807) is 10.7 Å². The highest BCUT2D eigenvalue weighted by Crippen LogP contribution is 2.33. The number of carbonyl (C=O) groups excluding carboxylic acids is 1. The smallest absolute Gasteiger partial charge is 0.255 e. The number of benzene rings is 3. The van der Waals surface area contributed by atoms with Crippen molar-refractivity contribution in [2.75, 3.05) is 5.32 Å². The summed E-state index contributed by atoms with van der Waals surface area (Å²) in [5.41, 5.74) is 3.24. The third-order valence-electron chi connectivity index (χ3n) is 4.51. The fraction of sp³-hybridized carbons (Fsp3) is 0.0870. The van der Waals surface area contributed by atoms with Crippen LogP contribution in [0.3, 0.4) is 0 Å². The van der Waals surface area contributed by atoms with Gasteiger partial charge in [-0.15, -0.1) is 5.10 Å². The lowest BCUT2D eigenvalue weighted by atomic mass is 10.1. The van der Waals surface area contributed by atoms with Crippen LogP contribution in [0.15, 0.2) is 82.8 Å². The number of nitrogens with zero attached hydrogens (tertiary/aromatic N) is 3. The van der Waals surface area contributed by atoms with E-state index in [2.05, 4.69) is 15.4 Å². The molecule has 1 N–H and O–H groups in total. The first-order valence-corrected chi connectivity index (χ1v) is 10.7. The maximum atomic E-state index is 13.1. The Morgan fingerprint density at radius 2 is 1.77 bits per heavy atom. The van der Waals surface area contributed by atoms with Crippen molar-refractivity contribution in [3.05, 3.63) is 101 Å². The van der Waals surface area contributed by atoms with Crippen LogP contribution in [-0.4, -0.2) is 20.7 Å². The van der Waals surface area contributed by atoms with Gasteiger partial charge in [0.2, 0.25) is 5.28 Å². The zero-order valence-electron chi connectivity index (χ0n) is 16.5. The van der Waals surface area contributed by atoms with E-state index >= 15 is 0 Å². The van der Waals surface area contributed by atoms with Gasteiger partial charge in [0.25, 0.3) is 5.91 Å². The van der Waals surface area contributed by atoms with E-state index in [-0.39, 0.29) is 11.2 Å². The molecule has 0 atom stereocenters. The molecule has 0 aliphatic carbocycles. The normalized spacial score (nSPS) is 10.8. The first-order chi connectivity index (χ1) is 15.0. The Balaban J connectivity index is 1.56. The molecule has 5 nitrogen and oxygen atoms in total. The number of halogens is 2. The van der Waals surface area contributed by atoms with Crippen LogP contribution in [0.1, 0.15) is 21.5 Å². The molecule has 1 heterocycles. The monoisotopic (exact) mass is 452 g/mol. The van der Waals surface area contributed by atoms with E-state index < -0.39 is 5.82 Å². The van der Waals surface area contributed by atoms with Gasteiger partial charge in [-0.05, 0) is 72.2 Å². The van der Waals surface area contributed by atoms with Gasteiger partial charge in [0, 0.05) is 10.5 Å². The fourth-order valence-electron chi connectivity index (χ4n) is 2.90. The molecular formula is C23H18ClFN4OS. The second kappa shape index (κ2) is 9.32. The molecule has 0 aliphatic rings. The van der Waals surface area contributed by atoms with Crippen molar-refractivity contribution < 1.29 is 9.18 Å². The zero-order chi connectivity index (χ0) is 21.8. The van der Waals surface area contributed by atoms with Crippen molar-refractivity contribution in [2.24, 2.45) is 0 Å². The van der Waals surface area contributed by atoms with Crippen molar-refractivity contribution in [2.45, 2.75) is 23.5 Å². The van der Waals surface area contributed by atoms with Crippen LogP contribution in [0.5, 0.6) is 0 Å². The number of para-hydroxylation sites is 1. The van der Waals surface area contributed by atoms with E-state index in [0.29, 0.717) is 23.0 Å². The van der Waals surface area contributed by atoms with E-state index in [9.17, 15) is 9.18 Å². The molecule has 4 aromatic rings. The molecule has 1 aromatic heterocycles. The highest BCUT2D eigenvalue weighted by Gasteiger charge is 2.15. The Labute approximate surface area is 188 Å². The molecule has 0 aliphatic heterocycles. The minimum Gasteiger partial charge on any atom is -0.321 e.